The average Bonchev–Trinajstić information content (AvgIpc) is 3.20. The number of hydrogen-bond donors (Lipinski definition) is 2. The van der Waals surface area contributed by atoms with Gasteiger partial charge in [0.05, 0.1) is 18.8 Å². The van der Waals surface area contributed by atoms with Crippen molar-refractivity contribution in [3.8, 4) is 24.7 Å². The van der Waals surface area contributed by atoms with Gasteiger partial charge >= 0.3 is 13.7 Å². The van der Waals surface area contributed by atoms with Gasteiger partial charge in [-0.25, -0.2) is 13.6 Å². The van der Waals surface area contributed by atoms with Crippen LogP contribution >= 0.6 is 7.60 Å². The maximum atomic E-state index is 15.3. The number of hydrogen-bond acceptors (Lipinski definition) is 8. The maximum absolute atomic E-state index is 15.3. The van der Waals surface area contributed by atoms with Crippen molar-refractivity contribution >= 4 is 31.0 Å². The molecule has 2 amide bonds. The minimum absolute atomic E-state index is 0.0113. The van der Waals surface area contributed by atoms with Crippen LogP contribution in [0.25, 0.3) is 0 Å². The number of benzene rings is 1. The lowest BCUT2D eigenvalue weighted by Gasteiger charge is -2.40. The van der Waals surface area contributed by atoms with Crippen LogP contribution in [0.4, 0.5) is 25.0 Å². The molecule has 2 atom stereocenters. The van der Waals surface area contributed by atoms with Crippen LogP contribution in [0.5, 0.6) is 0 Å². The average molecular weight is 510 g/mol. The van der Waals surface area contributed by atoms with Gasteiger partial charge in [-0.15, -0.1) is 12.8 Å². The number of anilines is 2. The Kier molecular flexibility index (Phi) is 8.71. The Hall–Kier alpha value is -3.15. The van der Waals surface area contributed by atoms with E-state index >= 15 is 8.78 Å². The molecule has 2 N–H and O–H groups in total. The van der Waals surface area contributed by atoms with Gasteiger partial charge in [0, 0.05) is 38.7 Å². The Morgan fingerprint density at radius 1 is 1.29 bits per heavy atom. The minimum atomic E-state index is -4.03. The lowest BCUT2D eigenvalue weighted by atomic mass is 10.2. The smallest absolute Gasteiger partial charge is 0.414 e. The molecule has 2 heterocycles. The zero-order valence-corrected chi connectivity index (χ0v) is 19.9. The highest BCUT2D eigenvalue weighted by Crippen LogP contribution is 2.55. The summed E-state index contributed by atoms with van der Waals surface area (Å²) < 4.78 is 59.9. The van der Waals surface area contributed by atoms with E-state index < -0.39 is 42.9 Å². The van der Waals surface area contributed by atoms with E-state index in [9.17, 15) is 14.2 Å². The monoisotopic (exact) mass is 510 g/mol. The van der Waals surface area contributed by atoms with Crippen molar-refractivity contribution in [2.75, 3.05) is 55.7 Å². The Morgan fingerprint density at radius 3 is 2.49 bits per heavy atom. The fourth-order valence-corrected chi connectivity index (χ4v) is 5.63. The molecule has 0 saturated carbocycles. The summed E-state index contributed by atoms with van der Waals surface area (Å²) in [6.45, 7) is 1.09. The molecule has 0 aromatic heterocycles. The largest absolute Gasteiger partial charge is 0.442 e. The van der Waals surface area contributed by atoms with Crippen molar-refractivity contribution in [1.82, 2.24) is 10.6 Å². The van der Waals surface area contributed by atoms with Gasteiger partial charge in [0.1, 0.15) is 30.8 Å². The zero-order chi connectivity index (χ0) is 25.6. The predicted octanol–water partition coefficient (Wildman–Crippen LogP) is 1.65. The summed E-state index contributed by atoms with van der Waals surface area (Å²) >= 11 is 0. The topological polar surface area (TPSA) is 109 Å². The standard InChI is InChI=1S/C22H25F2N4O6P/c1-4-8-32-35(31,33-9-5-2)20-13-25-6-7-27(20)21-18(23)10-16(11-19(21)24)28-14-17(34-22(28)30)12-26-15(3)29/h1-2,10-11,17,20,25H,6-9,12-14H2,3H3,(H,26,29). The summed E-state index contributed by atoms with van der Waals surface area (Å²) in [5.41, 5.74) is -0.530. The molecular formula is C22H25F2N4O6P. The normalized spacial score (nSPS) is 20.2. The van der Waals surface area contributed by atoms with Gasteiger partial charge in [0.25, 0.3) is 0 Å². The molecule has 1 aromatic rings. The van der Waals surface area contributed by atoms with Crippen LogP contribution in [-0.2, 0) is 23.1 Å². The van der Waals surface area contributed by atoms with Crippen LogP contribution in [0.2, 0.25) is 0 Å². The van der Waals surface area contributed by atoms with Crippen LogP contribution in [0, 0.1) is 36.3 Å². The van der Waals surface area contributed by atoms with Gasteiger partial charge in [-0.05, 0) is 0 Å². The van der Waals surface area contributed by atoms with E-state index in [4.69, 9.17) is 26.6 Å². The molecule has 2 aliphatic rings. The first-order valence-electron chi connectivity index (χ1n) is 10.6. The lowest BCUT2D eigenvalue weighted by Crippen LogP contribution is -2.52. The van der Waals surface area contributed by atoms with E-state index in [1.54, 1.807) is 0 Å². The molecule has 0 bridgehead atoms. The number of amides is 2. The van der Waals surface area contributed by atoms with Gasteiger partial charge in [-0.1, -0.05) is 11.8 Å². The van der Waals surface area contributed by atoms with E-state index in [0.717, 1.165) is 17.0 Å². The molecule has 2 aliphatic heterocycles. The summed E-state index contributed by atoms with van der Waals surface area (Å²) in [5, 5.41) is 5.52. The van der Waals surface area contributed by atoms with Crippen LogP contribution < -0.4 is 20.4 Å². The third-order valence-electron chi connectivity index (χ3n) is 5.29. The predicted molar refractivity (Wildman–Crippen MR) is 124 cm³/mol. The van der Waals surface area contributed by atoms with Gasteiger partial charge in [-0.3, -0.25) is 23.3 Å². The molecule has 13 heteroatoms. The lowest BCUT2D eigenvalue weighted by molar-refractivity contribution is -0.119. The number of carbonyl (C=O) groups is 2. The molecule has 0 spiro atoms. The number of halogens is 2. The summed E-state index contributed by atoms with van der Waals surface area (Å²) in [4.78, 5) is 25.7. The third-order valence-corrected chi connectivity index (χ3v) is 7.46. The van der Waals surface area contributed by atoms with E-state index in [-0.39, 0.29) is 51.0 Å². The number of rotatable bonds is 9. The first-order chi connectivity index (χ1) is 16.7. The molecule has 10 nitrogen and oxygen atoms in total. The summed E-state index contributed by atoms with van der Waals surface area (Å²) in [5.74, 6) is 0.971. The Bertz CT molecular complexity index is 1060. The van der Waals surface area contributed by atoms with Crippen molar-refractivity contribution in [3.63, 3.8) is 0 Å². The number of nitrogens with one attached hydrogen (secondary N) is 2. The van der Waals surface area contributed by atoms with Crippen molar-refractivity contribution < 1.29 is 36.7 Å². The summed E-state index contributed by atoms with van der Waals surface area (Å²) in [6, 6.07) is 1.96. The molecule has 2 unspecified atom stereocenters. The Labute approximate surface area is 201 Å². The SMILES string of the molecule is C#CCOP(=O)(OCC#C)C1CNCCN1c1c(F)cc(N2CC(CNC(C)=O)OC2=O)cc1F. The van der Waals surface area contributed by atoms with Crippen molar-refractivity contribution in [2.24, 2.45) is 0 Å². The highest BCUT2D eigenvalue weighted by Gasteiger charge is 2.44. The molecule has 188 valence electrons. The number of piperazine rings is 1. The second kappa shape index (κ2) is 11.5. The summed E-state index contributed by atoms with van der Waals surface area (Å²) in [6.07, 6.45) is 8.95. The van der Waals surface area contributed by atoms with Crippen molar-refractivity contribution in [1.29, 1.82) is 0 Å². The quantitative estimate of drug-likeness (QED) is 0.382. The maximum Gasteiger partial charge on any atom is 0.414 e. The molecule has 2 saturated heterocycles. The summed E-state index contributed by atoms with van der Waals surface area (Å²) in [7, 11) is -4.03. The molecule has 2 fully saturated rings. The Morgan fingerprint density at radius 2 is 1.91 bits per heavy atom. The first kappa shape index (κ1) is 26.5. The van der Waals surface area contributed by atoms with E-state index in [2.05, 4.69) is 22.5 Å². The zero-order valence-electron chi connectivity index (χ0n) is 19.0. The third kappa shape index (κ3) is 6.11. The van der Waals surface area contributed by atoms with Crippen LogP contribution in [0.3, 0.4) is 0 Å². The fourth-order valence-electron chi connectivity index (χ4n) is 3.78. The molecule has 0 radical (unpaired) electrons. The van der Waals surface area contributed by atoms with Gasteiger partial charge in [-0.2, -0.15) is 0 Å². The van der Waals surface area contributed by atoms with Gasteiger partial charge in [0.15, 0.2) is 11.6 Å². The van der Waals surface area contributed by atoms with E-state index in [1.807, 2.05) is 0 Å². The van der Waals surface area contributed by atoms with Crippen LogP contribution in [-0.4, -0.2) is 69.8 Å². The van der Waals surface area contributed by atoms with E-state index in [0.29, 0.717) is 6.54 Å². The Balaban J connectivity index is 1.89. The number of cyclic esters (lactones) is 1. The minimum Gasteiger partial charge on any atom is -0.442 e. The van der Waals surface area contributed by atoms with Crippen LogP contribution in [0.1, 0.15) is 6.92 Å². The number of carbonyl (C=O) groups excluding carboxylic acids is 2. The first-order valence-corrected chi connectivity index (χ1v) is 12.3. The fraction of sp³-hybridized carbons (Fsp3) is 0.455. The van der Waals surface area contributed by atoms with Crippen molar-refractivity contribution in [2.45, 2.75) is 18.8 Å². The molecule has 35 heavy (non-hydrogen) atoms. The molecular weight excluding hydrogens is 485 g/mol. The highest BCUT2D eigenvalue weighted by molar-refractivity contribution is 7.54. The van der Waals surface area contributed by atoms with E-state index in [1.165, 1.54) is 11.8 Å². The van der Waals surface area contributed by atoms with Gasteiger partial charge < -0.3 is 20.3 Å². The second-order valence-corrected chi connectivity index (χ2v) is 9.88. The van der Waals surface area contributed by atoms with Gasteiger partial charge in [0.2, 0.25) is 5.91 Å². The molecule has 1 aromatic carbocycles. The number of ether oxygens (including phenoxy) is 1. The number of nitrogens with zero attached hydrogens (tertiary/aromatic N) is 2. The second-order valence-electron chi connectivity index (χ2n) is 7.68. The highest BCUT2D eigenvalue weighted by atomic mass is 31.2. The number of terminal acetylenes is 2. The molecule has 0 aliphatic carbocycles. The van der Waals surface area contributed by atoms with Crippen molar-refractivity contribution in [3.05, 3.63) is 23.8 Å². The molecule has 3 rings (SSSR count). The van der Waals surface area contributed by atoms with Crippen LogP contribution in [0.15, 0.2) is 12.1 Å².